The molecule has 1 atom stereocenters. The van der Waals surface area contributed by atoms with Crippen molar-refractivity contribution in [2.75, 3.05) is 0 Å². The Morgan fingerprint density at radius 2 is 1.81 bits per heavy atom. The first kappa shape index (κ1) is 19.1. The molecule has 2 heterocycles. The summed E-state index contributed by atoms with van der Waals surface area (Å²) in [6.07, 6.45) is -0.617. The molecule has 0 amide bonds. The fourth-order valence-corrected chi connectivity index (χ4v) is 3.73. The Balaban J connectivity index is 1.78. The number of nitrogens with one attached hydrogen (secondary N) is 1. The summed E-state index contributed by atoms with van der Waals surface area (Å²) in [5.74, 6) is 0.538. The zero-order chi connectivity index (χ0) is 19.7. The summed E-state index contributed by atoms with van der Waals surface area (Å²) in [6, 6.07) is 6.76. The standard InChI is InChI=1S/C20H22N2O4S/c1-10(2)25-15-8-6-14(7-9-15)20(24)26-12(4)17-21-18(23)16-11(3)13(5)27-19(16)22-17/h6-10,12H,1-5H3,(H,21,22,23). The van der Waals surface area contributed by atoms with Gasteiger partial charge in [0.15, 0.2) is 11.9 Å². The van der Waals surface area contributed by atoms with Gasteiger partial charge >= 0.3 is 5.97 Å². The maximum atomic E-state index is 12.4. The van der Waals surface area contributed by atoms with Crippen LogP contribution in [0, 0.1) is 13.8 Å². The summed E-state index contributed by atoms with van der Waals surface area (Å²) >= 11 is 1.46. The summed E-state index contributed by atoms with van der Waals surface area (Å²) in [4.78, 5) is 33.7. The molecular weight excluding hydrogens is 364 g/mol. The van der Waals surface area contributed by atoms with Crippen molar-refractivity contribution in [2.45, 2.75) is 46.8 Å². The van der Waals surface area contributed by atoms with Gasteiger partial charge in [0, 0.05) is 4.88 Å². The second kappa shape index (κ2) is 7.52. The van der Waals surface area contributed by atoms with Crippen molar-refractivity contribution in [2.24, 2.45) is 0 Å². The minimum absolute atomic E-state index is 0.0603. The van der Waals surface area contributed by atoms with E-state index < -0.39 is 12.1 Å². The summed E-state index contributed by atoms with van der Waals surface area (Å²) < 4.78 is 11.0. The number of thiophene rings is 1. The number of carbonyl (C=O) groups excluding carboxylic acids is 1. The molecule has 0 aliphatic heterocycles. The van der Waals surface area contributed by atoms with Crippen LogP contribution in [0.5, 0.6) is 5.75 Å². The predicted octanol–water partition coefficient (Wildman–Crippen LogP) is 4.31. The third-order valence-corrected chi connectivity index (χ3v) is 5.29. The first-order valence-corrected chi connectivity index (χ1v) is 9.55. The fourth-order valence-electron chi connectivity index (χ4n) is 2.69. The number of hydrogen-bond acceptors (Lipinski definition) is 6. The molecule has 0 radical (unpaired) electrons. The molecule has 142 valence electrons. The zero-order valence-corrected chi connectivity index (χ0v) is 16.8. The van der Waals surface area contributed by atoms with Crippen LogP contribution in [-0.4, -0.2) is 22.0 Å². The Morgan fingerprint density at radius 1 is 1.15 bits per heavy atom. The molecule has 0 bridgehead atoms. The molecule has 27 heavy (non-hydrogen) atoms. The van der Waals surface area contributed by atoms with Crippen LogP contribution in [0.4, 0.5) is 0 Å². The van der Waals surface area contributed by atoms with Gasteiger partial charge in [-0.2, -0.15) is 0 Å². The minimum Gasteiger partial charge on any atom is -0.491 e. The third kappa shape index (κ3) is 4.03. The highest BCUT2D eigenvalue weighted by Crippen LogP contribution is 2.27. The van der Waals surface area contributed by atoms with Gasteiger partial charge in [-0.15, -0.1) is 11.3 Å². The van der Waals surface area contributed by atoms with Crippen LogP contribution in [0.3, 0.4) is 0 Å². The molecule has 3 aromatic rings. The van der Waals surface area contributed by atoms with Crippen molar-refractivity contribution in [3.05, 3.63) is 56.4 Å². The summed E-state index contributed by atoms with van der Waals surface area (Å²) in [7, 11) is 0. The number of esters is 1. The van der Waals surface area contributed by atoms with Gasteiger partial charge in [-0.1, -0.05) is 0 Å². The van der Waals surface area contributed by atoms with Gasteiger partial charge < -0.3 is 14.5 Å². The van der Waals surface area contributed by atoms with E-state index in [1.165, 1.54) is 11.3 Å². The molecular formula is C20H22N2O4S. The molecule has 1 N–H and O–H groups in total. The predicted molar refractivity (Wildman–Crippen MR) is 106 cm³/mol. The lowest BCUT2D eigenvalue weighted by Gasteiger charge is -2.13. The number of H-pyrrole nitrogens is 1. The first-order chi connectivity index (χ1) is 12.8. The number of hydrogen-bond donors (Lipinski definition) is 1. The van der Waals surface area contributed by atoms with E-state index in [1.54, 1.807) is 31.2 Å². The Morgan fingerprint density at radius 3 is 2.44 bits per heavy atom. The maximum absolute atomic E-state index is 12.4. The van der Waals surface area contributed by atoms with E-state index in [-0.39, 0.29) is 11.7 Å². The number of ether oxygens (including phenoxy) is 2. The topological polar surface area (TPSA) is 81.3 Å². The SMILES string of the molecule is Cc1sc2nc(C(C)OC(=O)c3ccc(OC(C)C)cc3)[nH]c(=O)c2c1C. The lowest BCUT2D eigenvalue weighted by atomic mass is 10.2. The molecule has 0 spiro atoms. The number of aromatic nitrogens is 2. The van der Waals surface area contributed by atoms with Gasteiger partial charge in [0.25, 0.3) is 5.56 Å². The molecule has 0 saturated carbocycles. The highest BCUT2D eigenvalue weighted by molar-refractivity contribution is 7.18. The van der Waals surface area contributed by atoms with Crippen LogP contribution in [0.1, 0.15) is 53.5 Å². The summed E-state index contributed by atoms with van der Waals surface area (Å²) in [5.41, 5.74) is 1.13. The Kier molecular flexibility index (Phi) is 5.32. The molecule has 6 nitrogen and oxygen atoms in total. The van der Waals surface area contributed by atoms with Crippen molar-refractivity contribution in [1.29, 1.82) is 0 Å². The van der Waals surface area contributed by atoms with Crippen molar-refractivity contribution in [3.63, 3.8) is 0 Å². The van der Waals surface area contributed by atoms with Crippen molar-refractivity contribution in [3.8, 4) is 5.75 Å². The molecule has 1 unspecified atom stereocenters. The largest absolute Gasteiger partial charge is 0.491 e. The van der Waals surface area contributed by atoms with Crippen LogP contribution in [0.2, 0.25) is 0 Å². The fraction of sp³-hybridized carbons (Fsp3) is 0.350. The van der Waals surface area contributed by atoms with Gasteiger partial charge in [-0.05, 0) is 64.4 Å². The van der Waals surface area contributed by atoms with Crippen LogP contribution in [0.15, 0.2) is 29.1 Å². The minimum atomic E-state index is -0.677. The Hall–Kier alpha value is -2.67. The molecule has 1 aromatic carbocycles. The van der Waals surface area contributed by atoms with E-state index in [0.29, 0.717) is 27.4 Å². The number of aromatic amines is 1. The van der Waals surface area contributed by atoms with Crippen LogP contribution >= 0.6 is 11.3 Å². The number of benzene rings is 1. The third-order valence-electron chi connectivity index (χ3n) is 4.19. The average molecular weight is 386 g/mol. The monoisotopic (exact) mass is 386 g/mol. The lowest BCUT2D eigenvalue weighted by Crippen LogP contribution is -2.17. The number of aryl methyl sites for hydroxylation is 2. The van der Waals surface area contributed by atoms with E-state index in [2.05, 4.69) is 9.97 Å². The molecule has 0 aliphatic carbocycles. The van der Waals surface area contributed by atoms with Crippen molar-refractivity contribution < 1.29 is 14.3 Å². The number of carbonyl (C=O) groups is 1. The molecule has 7 heteroatoms. The highest BCUT2D eigenvalue weighted by Gasteiger charge is 2.19. The second-order valence-corrected chi connectivity index (χ2v) is 7.86. The molecule has 0 fully saturated rings. The van der Waals surface area contributed by atoms with Crippen molar-refractivity contribution in [1.82, 2.24) is 9.97 Å². The van der Waals surface area contributed by atoms with Gasteiger partial charge in [-0.25, -0.2) is 9.78 Å². The van der Waals surface area contributed by atoms with E-state index in [9.17, 15) is 9.59 Å². The average Bonchev–Trinajstić information content (AvgIpc) is 2.89. The number of fused-ring (bicyclic) bond motifs is 1. The smallest absolute Gasteiger partial charge is 0.338 e. The van der Waals surface area contributed by atoms with Crippen molar-refractivity contribution >= 4 is 27.5 Å². The van der Waals surface area contributed by atoms with Gasteiger partial charge in [0.05, 0.1) is 17.1 Å². The zero-order valence-electron chi connectivity index (χ0n) is 16.0. The molecule has 3 rings (SSSR count). The van der Waals surface area contributed by atoms with E-state index in [0.717, 1.165) is 10.4 Å². The van der Waals surface area contributed by atoms with E-state index in [4.69, 9.17) is 9.47 Å². The van der Waals surface area contributed by atoms with Crippen LogP contribution < -0.4 is 10.3 Å². The van der Waals surface area contributed by atoms with Gasteiger partial charge in [0.2, 0.25) is 0 Å². The van der Waals surface area contributed by atoms with E-state index >= 15 is 0 Å². The summed E-state index contributed by atoms with van der Waals surface area (Å²) in [6.45, 7) is 9.42. The quantitative estimate of drug-likeness (QED) is 0.661. The molecule has 2 aromatic heterocycles. The summed E-state index contributed by atoms with van der Waals surface area (Å²) in [5, 5.41) is 0.598. The maximum Gasteiger partial charge on any atom is 0.338 e. The lowest BCUT2D eigenvalue weighted by molar-refractivity contribution is 0.0320. The first-order valence-electron chi connectivity index (χ1n) is 8.74. The molecule has 0 aliphatic rings. The Labute approximate surface area is 161 Å². The number of rotatable bonds is 5. The highest BCUT2D eigenvalue weighted by atomic mass is 32.1. The van der Waals surface area contributed by atoms with Gasteiger partial charge in [0.1, 0.15) is 10.6 Å². The number of nitrogens with zero attached hydrogens (tertiary/aromatic N) is 1. The van der Waals surface area contributed by atoms with Crippen LogP contribution in [-0.2, 0) is 4.74 Å². The molecule has 0 saturated heterocycles. The van der Waals surface area contributed by atoms with Gasteiger partial charge in [-0.3, -0.25) is 4.79 Å². The second-order valence-electron chi connectivity index (χ2n) is 6.65. The Bertz CT molecular complexity index is 1030. The van der Waals surface area contributed by atoms with E-state index in [1.807, 2.05) is 27.7 Å². The van der Waals surface area contributed by atoms with Crippen LogP contribution in [0.25, 0.3) is 10.2 Å². The normalized spacial score (nSPS) is 12.4.